The van der Waals surface area contributed by atoms with Crippen molar-refractivity contribution in [2.24, 2.45) is 0 Å². The lowest BCUT2D eigenvalue weighted by atomic mass is 10.1. The molecule has 0 aliphatic carbocycles. The number of methoxy groups -OCH3 is 4. The van der Waals surface area contributed by atoms with Gasteiger partial charge in [-0.05, 0) is 42.1 Å². The van der Waals surface area contributed by atoms with Gasteiger partial charge in [0.2, 0.25) is 11.5 Å². The first kappa shape index (κ1) is 21.3. The van der Waals surface area contributed by atoms with Gasteiger partial charge < -0.3 is 23.4 Å². The van der Waals surface area contributed by atoms with Gasteiger partial charge in [-0.3, -0.25) is 14.5 Å². The molecule has 0 radical (unpaired) electrons. The van der Waals surface area contributed by atoms with Gasteiger partial charge in [-0.25, -0.2) is 4.79 Å². The van der Waals surface area contributed by atoms with Crippen molar-refractivity contribution < 1.29 is 37.7 Å². The summed E-state index contributed by atoms with van der Waals surface area (Å²) in [7, 11) is 5.68. The monoisotopic (exact) mass is 433 g/mol. The number of thioether (sulfide) groups is 1. The lowest BCUT2D eigenvalue weighted by Crippen LogP contribution is -2.27. The molecule has 2 aromatic rings. The Morgan fingerprint density at radius 3 is 2.40 bits per heavy atom. The van der Waals surface area contributed by atoms with E-state index in [-0.39, 0.29) is 23.0 Å². The summed E-state index contributed by atoms with van der Waals surface area (Å²) in [4.78, 5) is 37.9. The fourth-order valence-corrected chi connectivity index (χ4v) is 3.67. The first-order valence-electron chi connectivity index (χ1n) is 8.64. The summed E-state index contributed by atoms with van der Waals surface area (Å²) in [6.07, 6.45) is 1.55. The number of imide groups is 1. The molecule has 1 fully saturated rings. The first-order chi connectivity index (χ1) is 14.4. The van der Waals surface area contributed by atoms with E-state index in [4.69, 9.17) is 18.6 Å². The Bertz CT molecular complexity index is 1030. The van der Waals surface area contributed by atoms with E-state index in [2.05, 4.69) is 4.74 Å². The Hall–Kier alpha value is -3.40. The summed E-state index contributed by atoms with van der Waals surface area (Å²) in [6.45, 7) is -0.109. The van der Waals surface area contributed by atoms with Crippen LogP contribution in [-0.4, -0.2) is 50.5 Å². The van der Waals surface area contributed by atoms with Crippen LogP contribution in [0.1, 0.15) is 21.9 Å². The van der Waals surface area contributed by atoms with Crippen molar-refractivity contribution >= 4 is 35.0 Å². The zero-order valence-electron chi connectivity index (χ0n) is 16.7. The molecule has 9 nitrogen and oxygen atoms in total. The van der Waals surface area contributed by atoms with Crippen molar-refractivity contribution in [3.8, 4) is 17.2 Å². The van der Waals surface area contributed by atoms with Crippen LogP contribution in [0.2, 0.25) is 0 Å². The van der Waals surface area contributed by atoms with Crippen LogP contribution in [0.25, 0.3) is 6.08 Å². The minimum Gasteiger partial charge on any atom is -0.493 e. The van der Waals surface area contributed by atoms with Crippen LogP contribution in [0, 0.1) is 0 Å². The average molecular weight is 433 g/mol. The number of ether oxygens (including phenoxy) is 4. The van der Waals surface area contributed by atoms with Gasteiger partial charge in [-0.1, -0.05) is 0 Å². The normalized spacial score (nSPS) is 14.9. The van der Waals surface area contributed by atoms with Crippen LogP contribution in [0.15, 0.2) is 33.6 Å². The predicted octanol–water partition coefficient (Wildman–Crippen LogP) is 3.33. The Morgan fingerprint density at radius 2 is 1.77 bits per heavy atom. The van der Waals surface area contributed by atoms with E-state index in [0.29, 0.717) is 22.8 Å². The summed E-state index contributed by atoms with van der Waals surface area (Å²) in [5.74, 6) is 0.358. The van der Waals surface area contributed by atoms with Crippen molar-refractivity contribution in [2.75, 3.05) is 28.4 Å². The van der Waals surface area contributed by atoms with E-state index in [1.54, 1.807) is 18.2 Å². The first-order valence-corrected chi connectivity index (χ1v) is 9.46. The predicted molar refractivity (Wildman–Crippen MR) is 108 cm³/mol. The van der Waals surface area contributed by atoms with Crippen LogP contribution in [0.5, 0.6) is 17.2 Å². The van der Waals surface area contributed by atoms with Crippen molar-refractivity contribution in [2.45, 2.75) is 6.54 Å². The molecule has 0 saturated carbocycles. The summed E-state index contributed by atoms with van der Waals surface area (Å²) in [5, 5.41) is -0.457. The number of rotatable bonds is 7. The maximum Gasteiger partial charge on any atom is 0.373 e. The van der Waals surface area contributed by atoms with Gasteiger partial charge >= 0.3 is 5.97 Å². The Morgan fingerprint density at radius 1 is 1.03 bits per heavy atom. The second-order valence-electron chi connectivity index (χ2n) is 5.95. The topological polar surface area (TPSA) is 105 Å². The van der Waals surface area contributed by atoms with E-state index >= 15 is 0 Å². The Balaban J connectivity index is 1.86. The van der Waals surface area contributed by atoms with E-state index in [1.165, 1.54) is 40.6 Å². The number of carbonyl (C=O) groups is 3. The molecule has 1 aromatic heterocycles. The quantitative estimate of drug-likeness (QED) is 0.480. The van der Waals surface area contributed by atoms with Gasteiger partial charge in [0.25, 0.3) is 11.1 Å². The highest BCUT2D eigenvalue weighted by molar-refractivity contribution is 8.18. The number of furan rings is 1. The molecule has 0 N–H and O–H groups in total. The maximum absolute atomic E-state index is 12.8. The number of nitrogens with zero attached hydrogens (tertiary/aromatic N) is 1. The molecule has 1 saturated heterocycles. The van der Waals surface area contributed by atoms with Crippen LogP contribution in [-0.2, 0) is 16.1 Å². The third kappa shape index (κ3) is 3.99. The highest BCUT2D eigenvalue weighted by Crippen LogP contribution is 2.42. The molecule has 10 heteroatoms. The lowest BCUT2D eigenvalue weighted by molar-refractivity contribution is -0.123. The molecule has 2 amide bonds. The van der Waals surface area contributed by atoms with Crippen molar-refractivity contribution in [1.82, 2.24) is 4.90 Å². The molecule has 1 aliphatic rings. The Kier molecular flexibility index (Phi) is 6.36. The highest BCUT2D eigenvalue weighted by Gasteiger charge is 2.36. The maximum atomic E-state index is 12.8. The third-order valence-corrected chi connectivity index (χ3v) is 5.16. The highest BCUT2D eigenvalue weighted by atomic mass is 32.2. The van der Waals surface area contributed by atoms with Crippen molar-refractivity contribution in [1.29, 1.82) is 0 Å². The molecular weight excluding hydrogens is 414 g/mol. The molecule has 30 heavy (non-hydrogen) atoms. The van der Waals surface area contributed by atoms with Crippen molar-refractivity contribution in [3.05, 3.63) is 46.3 Å². The van der Waals surface area contributed by atoms with Crippen molar-refractivity contribution in [3.63, 3.8) is 0 Å². The molecule has 2 heterocycles. The van der Waals surface area contributed by atoms with E-state index in [1.807, 2.05) is 0 Å². The van der Waals surface area contributed by atoms with Crippen LogP contribution >= 0.6 is 11.8 Å². The molecule has 0 bridgehead atoms. The standard InChI is InChI=1S/C20H19NO8S/c1-25-13-7-5-11(16(26-2)17(13)27-3)9-15-18(22)21(20(24)30-15)10-12-6-8-14(29-12)19(23)28-4/h5-9H,10H2,1-4H3. The number of amides is 2. The minimum absolute atomic E-state index is 0.00919. The number of benzene rings is 1. The average Bonchev–Trinajstić information content (AvgIpc) is 3.33. The van der Waals surface area contributed by atoms with Gasteiger partial charge in [-0.15, -0.1) is 0 Å². The molecule has 158 valence electrons. The molecule has 0 unspecified atom stereocenters. The summed E-state index contributed by atoms with van der Waals surface area (Å²) in [6, 6.07) is 6.30. The lowest BCUT2D eigenvalue weighted by Gasteiger charge is -2.14. The Labute approximate surface area is 176 Å². The molecule has 1 aromatic carbocycles. The summed E-state index contributed by atoms with van der Waals surface area (Å²) in [5.41, 5.74) is 0.548. The number of esters is 1. The number of hydrogen-bond acceptors (Lipinski definition) is 9. The van der Waals surface area contributed by atoms with Gasteiger partial charge in [0.1, 0.15) is 5.76 Å². The van der Waals surface area contributed by atoms with E-state index in [0.717, 1.165) is 16.7 Å². The van der Waals surface area contributed by atoms with Gasteiger partial charge in [0.05, 0.1) is 39.9 Å². The van der Waals surface area contributed by atoms with Gasteiger partial charge in [0.15, 0.2) is 11.5 Å². The molecule has 0 atom stereocenters. The van der Waals surface area contributed by atoms with Crippen LogP contribution < -0.4 is 14.2 Å². The third-order valence-electron chi connectivity index (χ3n) is 4.26. The fourth-order valence-electron chi connectivity index (χ4n) is 2.84. The van der Waals surface area contributed by atoms with Crippen LogP contribution in [0.4, 0.5) is 4.79 Å². The van der Waals surface area contributed by atoms with Gasteiger partial charge in [0, 0.05) is 5.56 Å². The summed E-state index contributed by atoms with van der Waals surface area (Å²) < 4.78 is 25.9. The number of carbonyl (C=O) groups excluding carboxylic acids is 3. The zero-order chi connectivity index (χ0) is 21.8. The van der Waals surface area contributed by atoms with Gasteiger partial charge in [-0.2, -0.15) is 0 Å². The number of hydrogen-bond donors (Lipinski definition) is 0. The fraction of sp³-hybridized carbons (Fsp3) is 0.250. The van der Waals surface area contributed by atoms with E-state index in [9.17, 15) is 14.4 Å². The molecule has 3 rings (SSSR count). The zero-order valence-corrected chi connectivity index (χ0v) is 17.5. The second-order valence-corrected chi connectivity index (χ2v) is 6.94. The second kappa shape index (κ2) is 8.95. The summed E-state index contributed by atoms with van der Waals surface area (Å²) >= 11 is 0.794. The largest absolute Gasteiger partial charge is 0.493 e. The molecule has 1 aliphatic heterocycles. The smallest absolute Gasteiger partial charge is 0.373 e. The van der Waals surface area contributed by atoms with Crippen LogP contribution in [0.3, 0.4) is 0 Å². The van der Waals surface area contributed by atoms with E-state index < -0.39 is 17.1 Å². The minimum atomic E-state index is -0.643. The SMILES string of the molecule is COC(=O)c1ccc(CN2C(=O)SC(=Cc3ccc(OC)c(OC)c3OC)C2=O)o1. The molecular formula is C20H19NO8S. The molecule has 0 spiro atoms.